The molecule has 3 aromatic heterocycles. The van der Waals surface area contributed by atoms with Crippen molar-refractivity contribution in [3.63, 3.8) is 0 Å². The average molecular weight is 645 g/mol. The molecule has 1 saturated carbocycles. The predicted molar refractivity (Wildman–Crippen MR) is 206 cm³/mol. The molecule has 1 fully saturated rings. The van der Waals surface area contributed by atoms with Crippen LogP contribution in [0.2, 0.25) is 0 Å². The lowest BCUT2D eigenvalue weighted by molar-refractivity contribution is 0.444. The molecular weight excluding hydrogens is 613 g/mol. The van der Waals surface area contributed by atoms with Gasteiger partial charge in [-0.25, -0.2) is 4.98 Å². The Labute approximate surface area is 288 Å². The lowest BCUT2D eigenvalue weighted by atomic mass is 9.83. The number of rotatable bonds is 3. The second-order valence-corrected chi connectivity index (χ2v) is 13.9. The summed E-state index contributed by atoms with van der Waals surface area (Å²) < 4.78 is 13.4. The van der Waals surface area contributed by atoms with Crippen molar-refractivity contribution in [3.05, 3.63) is 133 Å². The van der Waals surface area contributed by atoms with Crippen LogP contribution in [-0.4, -0.2) is 9.97 Å². The van der Waals surface area contributed by atoms with Crippen LogP contribution in [0.5, 0.6) is 0 Å². The molecule has 1 aliphatic carbocycles. The summed E-state index contributed by atoms with van der Waals surface area (Å²) in [6, 6.07) is 43.0. The van der Waals surface area contributed by atoms with E-state index in [9.17, 15) is 0 Å². The minimum absolute atomic E-state index is 0.599. The first-order valence-electron chi connectivity index (χ1n) is 17.8. The zero-order valence-electron chi connectivity index (χ0n) is 27.4. The third kappa shape index (κ3) is 4.11. The van der Waals surface area contributed by atoms with Gasteiger partial charge in [-0.05, 0) is 71.0 Å². The molecule has 0 aliphatic heterocycles. The molecule has 0 N–H and O–H groups in total. The number of aromatic nitrogens is 2. The number of hydrogen-bond acceptors (Lipinski definition) is 4. The summed E-state index contributed by atoms with van der Waals surface area (Å²) in [5.41, 5.74) is 10.7. The number of benzene rings is 7. The van der Waals surface area contributed by atoms with E-state index >= 15 is 0 Å². The highest BCUT2D eigenvalue weighted by Gasteiger charge is 2.23. The number of nitrogens with zero attached hydrogens (tertiary/aromatic N) is 2. The second-order valence-electron chi connectivity index (χ2n) is 13.9. The van der Waals surface area contributed by atoms with Gasteiger partial charge in [0.15, 0.2) is 0 Å². The van der Waals surface area contributed by atoms with Crippen LogP contribution in [0.4, 0.5) is 0 Å². The minimum atomic E-state index is 0.599. The molecule has 10 aromatic rings. The van der Waals surface area contributed by atoms with Gasteiger partial charge in [-0.2, -0.15) is 0 Å². The molecule has 3 heterocycles. The van der Waals surface area contributed by atoms with Gasteiger partial charge in [0, 0.05) is 38.1 Å². The van der Waals surface area contributed by atoms with E-state index < -0.39 is 0 Å². The van der Waals surface area contributed by atoms with E-state index in [4.69, 9.17) is 18.8 Å². The van der Waals surface area contributed by atoms with Gasteiger partial charge in [0.05, 0.1) is 28.3 Å². The molecular formula is C46H32N2O2. The van der Waals surface area contributed by atoms with Crippen molar-refractivity contribution in [2.24, 2.45) is 0 Å². The fraction of sp³-hybridized carbons (Fsp3) is 0.130. The van der Waals surface area contributed by atoms with Crippen LogP contribution in [-0.2, 0) is 0 Å². The monoisotopic (exact) mass is 644 g/mol. The molecule has 1 aliphatic rings. The predicted octanol–water partition coefficient (Wildman–Crippen LogP) is 13.1. The maximum absolute atomic E-state index is 6.79. The van der Waals surface area contributed by atoms with E-state index in [1.54, 1.807) is 0 Å². The highest BCUT2D eigenvalue weighted by molar-refractivity contribution is 6.26. The molecule has 0 atom stereocenters. The SMILES string of the molecule is c1cc(-c2cnc3c4ccccc4c4ccccc4c3n2)cc(-c2cc3c4ccccc4oc3c3c2oc2ccc(C4CCCCC4)cc23)c1. The first-order chi connectivity index (χ1) is 24.8. The van der Waals surface area contributed by atoms with Gasteiger partial charge in [-0.3, -0.25) is 4.98 Å². The zero-order valence-corrected chi connectivity index (χ0v) is 27.4. The van der Waals surface area contributed by atoms with Crippen LogP contribution in [0, 0.1) is 0 Å². The molecule has 0 radical (unpaired) electrons. The number of para-hydroxylation sites is 1. The maximum atomic E-state index is 6.79. The molecule has 4 nitrogen and oxygen atoms in total. The minimum Gasteiger partial charge on any atom is -0.455 e. The van der Waals surface area contributed by atoms with Crippen LogP contribution in [0.1, 0.15) is 43.6 Å². The fourth-order valence-corrected chi connectivity index (χ4v) is 8.65. The summed E-state index contributed by atoms with van der Waals surface area (Å²) in [5, 5.41) is 9.01. The summed E-state index contributed by atoms with van der Waals surface area (Å²) in [5.74, 6) is 0.599. The summed E-state index contributed by atoms with van der Waals surface area (Å²) >= 11 is 0. The first kappa shape index (κ1) is 27.9. The van der Waals surface area contributed by atoms with E-state index in [1.165, 1.54) is 48.4 Å². The van der Waals surface area contributed by atoms with Gasteiger partial charge in [-0.15, -0.1) is 0 Å². The molecule has 7 aromatic carbocycles. The molecule has 0 bridgehead atoms. The maximum Gasteiger partial charge on any atom is 0.147 e. The van der Waals surface area contributed by atoms with E-state index in [1.807, 2.05) is 12.3 Å². The highest BCUT2D eigenvalue weighted by atomic mass is 16.3. The summed E-state index contributed by atoms with van der Waals surface area (Å²) in [7, 11) is 0. The van der Waals surface area contributed by atoms with Crippen LogP contribution >= 0.6 is 0 Å². The highest BCUT2D eigenvalue weighted by Crippen LogP contribution is 2.46. The van der Waals surface area contributed by atoms with Crippen LogP contribution in [0.3, 0.4) is 0 Å². The molecule has 0 unspecified atom stereocenters. The third-order valence-electron chi connectivity index (χ3n) is 11.1. The Morgan fingerprint density at radius 2 is 1.18 bits per heavy atom. The Balaban J connectivity index is 1.14. The molecule has 50 heavy (non-hydrogen) atoms. The van der Waals surface area contributed by atoms with Crippen molar-refractivity contribution in [2.45, 2.75) is 38.0 Å². The number of fused-ring (bicyclic) bond motifs is 13. The van der Waals surface area contributed by atoms with E-state index in [0.29, 0.717) is 5.92 Å². The number of hydrogen-bond donors (Lipinski definition) is 0. The van der Waals surface area contributed by atoms with Crippen LogP contribution in [0.25, 0.3) is 98.8 Å². The van der Waals surface area contributed by atoms with Crippen LogP contribution < -0.4 is 0 Å². The smallest absolute Gasteiger partial charge is 0.147 e. The van der Waals surface area contributed by atoms with Crippen molar-refractivity contribution in [3.8, 4) is 22.4 Å². The molecule has 0 amide bonds. The topological polar surface area (TPSA) is 52.1 Å². The van der Waals surface area contributed by atoms with Gasteiger partial charge in [0.1, 0.15) is 22.3 Å². The molecule has 0 spiro atoms. The molecule has 4 heteroatoms. The van der Waals surface area contributed by atoms with Crippen molar-refractivity contribution in [1.82, 2.24) is 9.97 Å². The van der Waals surface area contributed by atoms with E-state index in [0.717, 1.165) is 88.1 Å². The Morgan fingerprint density at radius 3 is 2.00 bits per heavy atom. The van der Waals surface area contributed by atoms with Crippen molar-refractivity contribution >= 4 is 76.5 Å². The fourth-order valence-electron chi connectivity index (χ4n) is 8.65. The normalized spacial score (nSPS) is 14.3. The quantitative estimate of drug-likeness (QED) is 0.180. The Bertz CT molecular complexity index is 2940. The summed E-state index contributed by atoms with van der Waals surface area (Å²) in [4.78, 5) is 10.3. The standard InChI is InChI=1S/C46H32N2O2/c1-2-11-27(12-3-1)28-21-22-41-38(24-28)42-45(50-41)36(25-37-33-17-8-9-20-40(33)49-46(37)42)29-13-10-14-30(23-29)39-26-47-43-34-18-6-4-15-31(34)32-16-5-7-19-35(32)44(43)48-39/h4-10,13-27H,1-3,11-12H2. The lowest BCUT2D eigenvalue weighted by Crippen LogP contribution is -2.03. The second kappa shape index (κ2) is 10.8. The zero-order chi connectivity index (χ0) is 32.8. The Morgan fingerprint density at radius 1 is 0.500 bits per heavy atom. The molecule has 238 valence electrons. The van der Waals surface area contributed by atoms with Crippen molar-refractivity contribution in [2.75, 3.05) is 0 Å². The van der Waals surface area contributed by atoms with Gasteiger partial charge < -0.3 is 8.83 Å². The van der Waals surface area contributed by atoms with Crippen molar-refractivity contribution < 1.29 is 8.83 Å². The van der Waals surface area contributed by atoms with Gasteiger partial charge in [0.2, 0.25) is 0 Å². The van der Waals surface area contributed by atoms with Gasteiger partial charge >= 0.3 is 0 Å². The Hall–Kier alpha value is -6.00. The third-order valence-corrected chi connectivity index (χ3v) is 11.1. The average Bonchev–Trinajstić information content (AvgIpc) is 3.76. The van der Waals surface area contributed by atoms with E-state index in [2.05, 4.69) is 115 Å². The summed E-state index contributed by atoms with van der Waals surface area (Å²) in [6.45, 7) is 0. The van der Waals surface area contributed by atoms with Crippen LogP contribution in [0.15, 0.2) is 136 Å². The largest absolute Gasteiger partial charge is 0.455 e. The van der Waals surface area contributed by atoms with E-state index in [-0.39, 0.29) is 0 Å². The lowest BCUT2D eigenvalue weighted by Gasteiger charge is -2.21. The van der Waals surface area contributed by atoms with Crippen molar-refractivity contribution in [1.29, 1.82) is 0 Å². The Kier molecular flexibility index (Phi) is 6.00. The van der Waals surface area contributed by atoms with Gasteiger partial charge in [0.25, 0.3) is 0 Å². The molecule has 11 rings (SSSR count). The summed E-state index contributed by atoms with van der Waals surface area (Å²) in [6.07, 6.45) is 8.37. The first-order valence-corrected chi connectivity index (χ1v) is 17.8. The van der Waals surface area contributed by atoms with Gasteiger partial charge in [-0.1, -0.05) is 110 Å². The number of furan rings is 2. The molecule has 0 saturated heterocycles.